The standard InChI is InChI=1S/C13H15NO/c1-13(2,3)11-8-9-6-4-5-7-10(9)12(15)14-11/h4-8H,1-3H3,(H,14,15). The average molecular weight is 201 g/mol. The number of fused-ring (bicyclic) bond motifs is 1. The fraction of sp³-hybridized carbons (Fsp3) is 0.308. The molecule has 0 saturated carbocycles. The van der Waals surface area contributed by atoms with Crippen molar-refractivity contribution >= 4 is 10.8 Å². The third-order valence-electron chi connectivity index (χ3n) is 2.56. The molecule has 0 spiro atoms. The van der Waals surface area contributed by atoms with Gasteiger partial charge in [0.2, 0.25) is 0 Å². The van der Waals surface area contributed by atoms with Crippen molar-refractivity contribution in [2.75, 3.05) is 0 Å². The monoisotopic (exact) mass is 201 g/mol. The molecular formula is C13H15NO. The van der Waals surface area contributed by atoms with Crippen LogP contribution in [0.5, 0.6) is 0 Å². The van der Waals surface area contributed by atoms with E-state index in [9.17, 15) is 4.79 Å². The molecule has 1 aromatic heterocycles. The van der Waals surface area contributed by atoms with Crippen LogP contribution in [0.4, 0.5) is 0 Å². The van der Waals surface area contributed by atoms with Gasteiger partial charge in [0.25, 0.3) is 5.56 Å². The molecule has 2 aromatic rings. The summed E-state index contributed by atoms with van der Waals surface area (Å²) in [4.78, 5) is 14.7. The van der Waals surface area contributed by atoms with Crippen molar-refractivity contribution in [1.29, 1.82) is 0 Å². The maximum atomic E-state index is 11.8. The van der Waals surface area contributed by atoms with E-state index >= 15 is 0 Å². The Balaban J connectivity index is 2.79. The van der Waals surface area contributed by atoms with Crippen LogP contribution in [0.15, 0.2) is 35.1 Å². The number of pyridine rings is 1. The highest BCUT2D eigenvalue weighted by molar-refractivity contribution is 5.81. The molecule has 0 amide bonds. The first kappa shape index (κ1) is 9.97. The number of rotatable bonds is 0. The first-order chi connectivity index (χ1) is 6.98. The summed E-state index contributed by atoms with van der Waals surface area (Å²) in [6.07, 6.45) is 0. The molecule has 0 aliphatic rings. The Bertz CT molecular complexity index is 546. The van der Waals surface area contributed by atoms with E-state index in [0.717, 1.165) is 16.5 Å². The molecule has 0 bridgehead atoms. The number of nitrogens with one attached hydrogen (secondary N) is 1. The quantitative estimate of drug-likeness (QED) is 0.698. The summed E-state index contributed by atoms with van der Waals surface area (Å²) in [5.74, 6) is 0. The zero-order chi connectivity index (χ0) is 11.1. The first-order valence-corrected chi connectivity index (χ1v) is 5.11. The van der Waals surface area contributed by atoms with E-state index in [1.165, 1.54) is 0 Å². The van der Waals surface area contributed by atoms with E-state index in [1.807, 2.05) is 24.3 Å². The summed E-state index contributed by atoms with van der Waals surface area (Å²) in [6, 6.07) is 9.71. The highest BCUT2D eigenvalue weighted by atomic mass is 16.1. The molecule has 0 fully saturated rings. The van der Waals surface area contributed by atoms with E-state index in [1.54, 1.807) is 0 Å². The van der Waals surface area contributed by atoms with Crippen LogP contribution in [0.3, 0.4) is 0 Å². The SMILES string of the molecule is CC(C)(C)c1cc2ccccc2c(=O)[nH]1. The summed E-state index contributed by atoms with van der Waals surface area (Å²) in [5.41, 5.74) is 0.952. The van der Waals surface area contributed by atoms with Gasteiger partial charge in [-0.05, 0) is 17.5 Å². The molecule has 0 unspecified atom stereocenters. The number of aromatic amines is 1. The number of benzene rings is 1. The predicted molar refractivity (Wildman–Crippen MR) is 63.3 cm³/mol. The number of hydrogen-bond donors (Lipinski definition) is 1. The van der Waals surface area contributed by atoms with E-state index in [2.05, 4.69) is 31.8 Å². The molecule has 1 heterocycles. The Labute approximate surface area is 89.0 Å². The van der Waals surface area contributed by atoms with Crippen LogP contribution in [0.25, 0.3) is 10.8 Å². The van der Waals surface area contributed by atoms with Crippen molar-refractivity contribution < 1.29 is 0 Å². The Hall–Kier alpha value is -1.57. The minimum Gasteiger partial charge on any atom is -0.325 e. The second-order valence-corrected chi connectivity index (χ2v) is 4.85. The normalized spacial score (nSPS) is 11.9. The number of hydrogen-bond acceptors (Lipinski definition) is 1. The lowest BCUT2D eigenvalue weighted by Gasteiger charge is -2.18. The minimum atomic E-state index is -0.0246. The van der Waals surface area contributed by atoms with E-state index < -0.39 is 0 Å². The Morgan fingerprint density at radius 1 is 1.13 bits per heavy atom. The van der Waals surface area contributed by atoms with Crippen molar-refractivity contribution in [2.24, 2.45) is 0 Å². The van der Waals surface area contributed by atoms with Gasteiger partial charge in [0, 0.05) is 16.5 Å². The molecule has 0 aliphatic heterocycles. The molecule has 0 atom stereocenters. The van der Waals surface area contributed by atoms with Crippen molar-refractivity contribution in [2.45, 2.75) is 26.2 Å². The fourth-order valence-corrected chi connectivity index (χ4v) is 1.61. The van der Waals surface area contributed by atoms with Crippen LogP contribution in [-0.2, 0) is 5.41 Å². The van der Waals surface area contributed by atoms with Crippen molar-refractivity contribution in [1.82, 2.24) is 4.98 Å². The van der Waals surface area contributed by atoms with Crippen LogP contribution in [-0.4, -0.2) is 4.98 Å². The number of aromatic nitrogens is 1. The van der Waals surface area contributed by atoms with Crippen LogP contribution in [0.1, 0.15) is 26.5 Å². The summed E-state index contributed by atoms with van der Waals surface area (Å²) >= 11 is 0. The summed E-state index contributed by atoms with van der Waals surface area (Å²) in [6.45, 7) is 6.27. The zero-order valence-corrected chi connectivity index (χ0v) is 9.29. The highest BCUT2D eigenvalue weighted by Crippen LogP contribution is 2.21. The van der Waals surface area contributed by atoms with Gasteiger partial charge in [-0.1, -0.05) is 39.0 Å². The molecule has 15 heavy (non-hydrogen) atoms. The molecule has 2 nitrogen and oxygen atoms in total. The van der Waals surface area contributed by atoms with E-state index in [-0.39, 0.29) is 11.0 Å². The van der Waals surface area contributed by atoms with Gasteiger partial charge >= 0.3 is 0 Å². The average Bonchev–Trinajstić information content (AvgIpc) is 2.16. The largest absolute Gasteiger partial charge is 0.325 e. The van der Waals surface area contributed by atoms with Gasteiger partial charge in [-0.2, -0.15) is 0 Å². The second kappa shape index (κ2) is 3.23. The summed E-state index contributed by atoms with van der Waals surface area (Å²) in [7, 11) is 0. The van der Waals surface area contributed by atoms with Crippen molar-refractivity contribution in [3.8, 4) is 0 Å². The molecular weight excluding hydrogens is 186 g/mol. The maximum absolute atomic E-state index is 11.8. The molecule has 0 saturated heterocycles. The van der Waals surface area contributed by atoms with E-state index in [4.69, 9.17) is 0 Å². The predicted octanol–water partition coefficient (Wildman–Crippen LogP) is 2.83. The highest BCUT2D eigenvalue weighted by Gasteiger charge is 2.15. The summed E-state index contributed by atoms with van der Waals surface area (Å²) < 4.78 is 0. The summed E-state index contributed by atoms with van der Waals surface area (Å²) in [5, 5.41) is 1.76. The van der Waals surface area contributed by atoms with Crippen LogP contribution in [0, 0.1) is 0 Å². The molecule has 78 valence electrons. The van der Waals surface area contributed by atoms with E-state index in [0.29, 0.717) is 0 Å². The molecule has 0 aliphatic carbocycles. The number of H-pyrrole nitrogens is 1. The van der Waals surface area contributed by atoms with Crippen LogP contribution in [0.2, 0.25) is 0 Å². The zero-order valence-electron chi connectivity index (χ0n) is 9.29. The maximum Gasteiger partial charge on any atom is 0.256 e. The fourth-order valence-electron chi connectivity index (χ4n) is 1.61. The van der Waals surface area contributed by atoms with Gasteiger partial charge in [0.15, 0.2) is 0 Å². The first-order valence-electron chi connectivity index (χ1n) is 5.11. The Morgan fingerprint density at radius 3 is 2.47 bits per heavy atom. The Kier molecular flexibility index (Phi) is 2.14. The smallest absolute Gasteiger partial charge is 0.256 e. The third kappa shape index (κ3) is 1.80. The topological polar surface area (TPSA) is 32.9 Å². The lowest BCUT2D eigenvalue weighted by molar-refractivity contribution is 0.568. The van der Waals surface area contributed by atoms with Gasteiger partial charge < -0.3 is 4.98 Å². The lowest BCUT2D eigenvalue weighted by Crippen LogP contribution is -2.19. The Morgan fingerprint density at radius 2 is 1.80 bits per heavy atom. The lowest BCUT2D eigenvalue weighted by atomic mass is 9.91. The van der Waals surface area contributed by atoms with Gasteiger partial charge in [-0.3, -0.25) is 4.79 Å². The van der Waals surface area contributed by atoms with Gasteiger partial charge in [-0.25, -0.2) is 0 Å². The second-order valence-electron chi connectivity index (χ2n) is 4.85. The minimum absolute atomic E-state index is 0.00183. The van der Waals surface area contributed by atoms with Crippen LogP contribution >= 0.6 is 0 Å². The molecule has 1 aromatic carbocycles. The van der Waals surface area contributed by atoms with Gasteiger partial charge in [-0.15, -0.1) is 0 Å². The molecule has 2 heteroatoms. The van der Waals surface area contributed by atoms with Gasteiger partial charge in [0.1, 0.15) is 0 Å². The molecule has 0 radical (unpaired) electrons. The van der Waals surface area contributed by atoms with Gasteiger partial charge in [0.05, 0.1) is 0 Å². The van der Waals surface area contributed by atoms with Crippen molar-refractivity contribution in [3.05, 3.63) is 46.4 Å². The third-order valence-corrected chi connectivity index (χ3v) is 2.56. The molecule has 2 rings (SSSR count). The molecule has 1 N–H and O–H groups in total. The van der Waals surface area contributed by atoms with Crippen LogP contribution < -0.4 is 5.56 Å². The van der Waals surface area contributed by atoms with Crippen molar-refractivity contribution in [3.63, 3.8) is 0 Å².